The molecule has 1 saturated heterocycles. The van der Waals surface area contributed by atoms with Crippen molar-refractivity contribution in [2.75, 3.05) is 18.6 Å². The Kier molecular flexibility index (Phi) is 3.98. The summed E-state index contributed by atoms with van der Waals surface area (Å²) < 4.78 is 4.66. The van der Waals surface area contributed by atoms with Gasteiger partial charge in [-0.25, -0.2) is 0 Å². The smallest absolute Gasteiger partial charge is 0.308 e. The van der Waals surface area contributed by atoms with Crippen LogP contribution < -0.4 is 0 Å². The third-order valence-corrected chi connectivity index (χ3v) is 6.86. The second-order valence-corrected chi connectivity index (χ2v) is 7.87. The highest BCUT2D eigenvalue weighted by atomic mass is 32.2. The molecule has 0 spiro atoms. The van der Waals surface area contributed by atoms with Gasteiger partial charge in [0.2, 0.25) is 0 Å². The average Bonchev–Trinajstić information content (AvgIpc) is 2.92. The van der Waals surface area contributed by atoms with Crippen LogP contribution in [0.25, 0.3) is 10.9 Å². The zero-order valence-corrected chi connectivity index (χ0v) is 13.0. The topological polar surface area (TPSA) is 42.1 Å². The summed E-state index contributed by atoms with van der Waals surface area (Å²) in [6, 6.07) is 10.4. The number of hydrogen-bond donors (Lipinski definition) is 1. The van der Waals surface area contributed by atoms with Gasteiger partial charge in [0.15, 0.2) is 0 Å². The predicted octanol–water partition coefficient (Wildman–Crippen LogP) is 3.75. The molecule has 1 N–H and O–H groups in total. The van der Waals surface area contributed by atoms with E-state index in [9.17, 15) is 4.79 Å². The third kappa shape index (κ3) is 2.56. The van der Waals surface area contributed by atoms with Crippen LogP contribution in [0.3, 0.4) is 0 Å². The van der Waals surface area contributed by atoms with Crippen molar-refractivity contribution in [3.05, 3.63) is 36.0 Å². The quantitative estimate of drug-likeness (QED) is 0.877. The first-order valence-corrected chi connectivity index (χ1v) is 8.64. The molecule has 1 aromatic carbocycles. The molecular formula is C15H17NO2S2. The van der Waals surface area contributed by atoms with Crippen LogP contribution in [0, 0.1) is 0 Å². The van der Waals surface area contributed by atoms with Crippen molar-refractivity contribution in [2.45, 2.75) is 16.9 Å². The van der Waals surface area contributed by atoms with E-state index < -0.39 is 0 Å². The van der Waals surface area contributed by atoms with E-state index in [1.54, 1.807) is 0 Å². The highest BCUT2D eigenvalue weighted by Crippen LogP contribution is 2.52. The summed E-state index contributed by atoms with van der Waals surface area (Å²) in [7, 11) is 1.46. The molecule has 2 heterocycles. The van der Waals surface area contributed by atoms with Crippen LogP contribution in [0.15, 0.2) is 30.3 Å². The molecule has 0 amide bonds. The van der Waals surface area contributed by atoms with Gasteiger partial charge < -0.3 is 9.72 Å². The summed E-state index contributed by atoms with van der Waals surface area (Å²) in [4.78, 5) is 15.3. The van der Waals surface area contributed by atoms with Crippen LogP contribution in [0.1, 0.15) is 18.5 Å². The van der Waals surface area contributed by atoms with E-state index in [0.717, 1.165) is 22.7 Å². The minimum Gasteiger partial charge on any atom is -0.469 e. The summed E-state index contributed by atoms with van der Waals surface area (Å²) in [6.07, 6.45) is 1.60. The third-order valence-electron chi connectivity index (χ3n) is 3.50. The molecule has 2 aromatic rings. The normalized spacial score (nSPS) is 18.1. The Balaban J connectivity index is 2.01. The maximum absolute atomic E-state index is 11.8. The van der Waals surface area contributed by atoms with E-state index in [-0.39, 0.29) is 10.0 Å². The van der Waals surface area contributed by atoms with E-state index >= 15 is 0 Å². The number of rotatable bonds is 3. The largest absolute Gasteiger partial charge is 0.469 e. The number of fused-ring (bicyclic) bond motifs is 1. The van der Waals surface area contributed by atoms with Gasteiger partial charge in [-0.05, 0) is 35.4 Å². The van der Waals surface area contributed by atoms with Crippen LogP contribution in [-0.4, -0.2) is 29.6 Å². The fraction of sp³-hybridized carbons (Fsp3) is 0.400. The number of para-hydroxylation sites is 1. The highest BCUT2D eigenvalue weighted by Gasteiger charge is 2.39. The van der Waals surface area contributed by atoms with E-state index in [1.165, 1.54) is 18.9 Å². The van der Waals surface area contributed by atoms with Crippen LogP contribution in [0.4, 0.5) is 0 Å². The van der Waals surface area contributed by atoms with Crippen LogP contribution in [-0.2, 0) is 13.6 Å². The fourth-order valence-electron chi connectivity index (χ4n) is 2.47. The first kappa shape index (κ1) is 13.9. The molecule has 20 heavy (non-hydrogen) atoms. The molecule has 0 aliphatic carbocycles. The van der Waals surface area contributed by atoms with Crippen molar-refractivity contribution < 1.29 is 9.53 Å². The van der Waals surface area contributed by atoms with Crippen molar-refractivity contribution in [3.8, 4) is 0 Å². The monoisotopic (exact) mass is 307 g/mol. The van der Waals surface area contributed by atoms with Gasteiger partial charge in [0.05, 0.1) is 13.5 Å². The molecule has 106 valence electrons. The van der Waals surface area contributed by atoms with Crippen LogP contribution >= 0.6 is 23.5 Å². The molecule has 1 aliphatic rings. The molecule has 3 rings (SSSR count). The van der Waals surface area contributed by atoms with Gasteiger partial charge in [-0.1, -0.05) is 18.2 Å². The number of hydrogen-bond acceptors (Lipinski definition) is 4. The summed E-state index contributed by atoms with van der Waals surface area (Å²) in [5.41, 5.74) is 2.25. The lowest BCUT2D eigenvalue weighted by molar-refractivity contribution is -0.140. The number of benzene rings is 1. The SMILES string of the molecule is COC(=O)CC1(c2cc3ccccc3[nH]2)SCCCS1. The zero-order valence-electron chi connectivity index (χ0n) is 11.3. The number of aromatic nitrogens is 1. The Morgan fingerprint density at radius 3 is 2.80 bits per heavy atom. The standard InChI is InChI=1S/C15H17NO2S2/c1-18-14(17)10-15(19-7-4-8-20-15)13-9-11-5-2-3-6-12(11)16-13/h2-3,5-6,9,16H,4,7-8,10H2,1H3. The Morgan fingerprint density at radius 1 is 1.35 bits per heavy atom. The van der Waals surface area contributed by atoms with Gasteiger partial charge in [-0.3, -0.25) is 4.79 Å². The lowest BCUT2D eigenvalue weighted by atomic mass is 10.2. The highest BCUT2D eigenvalue weighted by molar-refractivity contribution is 8.18. The van der Waals surface area contributed by atoms with Crippen molar-refractivity contribution in [2.24, 2.45) is 0 Å². The van der Waals surface area contributed by atoms with Crippen molar-refractivity contribution in [1.82, 2.24) is 4.98 Å². The number of H-pyrrole nitrogens is 1. The zero-order chi connectivity index (χ0) is 14.0. The Labute approximate surface area is 126 Å². The molecule has 3 nitrogen and oxygen atoms in total. The minimum atomic E-state index is -0.232. The first-order chi connectivity index (χ1) is 9.73. The maximum atomic E-state index is 11.8. The number of carbonyl (C=O) groups excluding carboxylic acids is 1. The van der Waals surface area contributed by atoms with Gasteiger partial charge in [-0.2, -0.15) is 0 Å². The van der Waals surface area contributed by atoms with E-state index in [4.69, 9.17) is 4.74 Å². The first-order valence-electron chi connectivity index (χ1n) is 6.66. The lowest BCUT2D eigenvalue weighted by Crippen LogP contribution is -2.27. The van der Waals surface area contributed by atoms with E-state index in [0.29, 0.717) is 6.42 Å². The van der Waals surface area contributed by atoms with E-state index in [2.05, 4.69) is 23.2 Å². The summed E-state index contributed by atoms with van der Waals surface area (Å²) >= 11 is 3.71. The molecule has 0 radical (unpaired) electrons. The summed E-state index contributed by atoms with van der Waals surface area (Å²) in [5, 5.41) is 1.19. The molecule has 0 bridgehead atoms. The number of esters is 1. The summed E-state index contributed by atoms with van der Waals surface area (Å²) in [6.45, 7) is 0. The van der Waals surface area contributed by atoms with Gasteiger partial charge in [0, 0.05) is 11.2 Å². The molecule has 1 aromatic heterocycles. The minimum absolute atomic E-state index is 0.148. The lowest BCUT2D eigenvalue weighted by Gasteiger charge is -2.34. The van der Waals surface area contributed by atoms with Crippen molar-refractivity contribution >= 4 is 40.4 Å². The van der Waals surface area contributed by atoms with Gasteiger partial charge in [0.25, 0.3) is 0 Å². The Morgan fingerprint density at radius 2 is 2.10 bits per heavy atom. The molecule has 5 heteroatoms. The van der Waals surface area contributed by atoms with Crippen molar-refractivity contribution in [1.29, 1.82) is 0 Å². The molecule has 1 aliphatic heterocycles. The molecule has 0 atom stereocenters. The second-order valence-electron chi connectivity index (χ2n) is 4.83. The molecular weight excluding hydrogens is 290 g/mol. The molecule has 0 saturated carbocycles. The molecule has 1 fully saturated rings. The average molecular weight is 307 g/mol. The van der Waals surface area contributed by atoms with Crippen molar-refractivity contribution in [3.63, 3.8) is 0 Å². The maximum Gasteiger partial charge on any atom is 0.308 e. The molecule has 0 unspecified atom stereocenters. The Hall–Kier alpha value is -1.07. The number of nitrogens with one attached hydrogen (secondary N) is 1. The Bertz CT molecular complexity index is 584. The van der Waals surface area contributed by atoms with Crippen LogP contribution in [0.5, 0.6) is 0 Å². The second kappa shape index (κ2) is 5.74. The summed E-state index contributed by atoms with van der Waals surface area (Å²) in [5.74, 6) is 2.02. The number of thioether (sulfide) groups is 2. The van der Waals surface area contributed by atoms with Gasteiger partial charge in [-0.15, -0.1) is 23.5 Å². The van der Waals surface area contributed by atoms with Crippen LogP contribution in [0.2, 0.25) is 0 Å². The van der Waals surface area contributed by atoms with E-state index in [1.807, 2.05) is 35.7 Å². The number of ether oxygens (including phenoxy) is 1. The number of methoxy groups -OCH3 is 1. The van der Waals surface area contributed by atoms with Gasteiger partial charge >= 0.3 is 5.97 Å². The number of aromatic amines is 1. The fourth-order valence-corrected chi connectivity index (χ4v) is 5.69. The number of carbonyl (C=O) groups is 1. The van der Waals surface area contributed by atoms with Gasteiger partial charge in [0.1, 0.15) is 4.08 Å². The predicted molar refractivity (Wildman–Crippen MR) is 86.1 cm³/mol.